The van der Waals surface area contributed by atoms with Crippen molar-refractivity contribution in [2.45, 2.75) is 4.90 Å². The first-order valence-electron chi connectivity index (χ1n) is 8.38. The van der Waals surface area contributed by atoms with E-state index in [-0.39, 0.29) is 47.9 Å². The number of nitrogens with zero attached hydrogens (tertiary/aromatic N) is 4. The standard InChI is InChI=1S/C18H16N4O5S/c19-13-14-5-1-4-8-17(14)28(26,27)21-11-9-20(10-12-21)18(23)15-6-2-3-7-16(15)22(24)25/h1-8H,9-12H2. The third kappa shape index (κ3) is 3.58. The summed E-state index contributed by atoms with van der Waals surface area (Å²) in [7, 11) is -3.88. The number of amides is 1. The van der Waals surface area contributed by atoms with Crippen molar-refractivity contribution in [1.29, 1.82) is 5.26 Å². The molecular formula is C18H16N4O5S. The third-order valence-corrected chi connectivity index (χ3v) is 6.44. The Morgan fingerprint density at radius 1 is 1.04 bits per heavy atom. The molecule has 10 heteroatoms. The number of nitro groups is 1. The van der Waals surface area contributed by atoms with Crippen LogP contribution in [-0.2, 0) is 10.0 Å². The number of hydrogen-bond acceptors (Lipinski definition) is 6. The molecule has 1 saturated heterocycles. The van der Waals surface area contributed by atoms with Crippen LogP contribution < -0.4 is 0 Å². The van der Waals surface area contributed by atoms with Crippen LogP contribution in [0.15, 0.2) is 53.4 Å². The molecule has 9 nitrogen and oxygen atoms in total. The summed E-state index contributed by atoms with van der Waals surface area (Å²) in [5, 5.41) is 20.3. The van der Waals surface area contributed by atoms with Crippen molar-refractivity contribution >= 4 is 21.6 Å². The van der Waals surface area contributed by atoms with Gasteiger partial charge in [0.1, 0.15) is 11.6 Å². The number of piperazine rings is 1. The average molecular weight is 400 g/mol. The van der Waals surface area contributed by atoms with Gasteiger partial charge < -0.3 is 4.90 Å². The predicted molar refractivity (Wildman–Crippen MR) is 98.9 cm³/mol. The van der Waals surface area contributed by atoms with Gasteiger partial charge >= 0.3 is 0 Å². The Kier molecular flexibility index (Phi) is 5.39. The average Bonchev–Trinajstić information content (AvgIpc) is 2.73. The van der Waals surface area contributed by atoms with Crippen molar-refractivity contribution in [3.05, 3.63) is 69.8 Å². The van der Waals surface area contributed by atoms with Gasteiger partial charge in [-0.25, -0.2) is 8.42 Å². The molecule has 0 aromatic heterocycles. The fraction of sp³-hybridized carbons (Fsp3) is 0.222. The zero-order valence-corrected chi connectivity index (χ0v) is 15.5. The highest BCUT2D eigenvalue weighted by molar-refractivity contribution is 7.89. The summed E-state index contributed by atoms with van der Waals surface area (Å²) in [6, 6.07) is 13.5. The van der Waals surface area contributed by atoms with E-state index in [4.69, 9.17) is 5.26 Å². The van der Waals surface area contributed by atoms with Crippen LogP contribution in [0.3, 0.4) is 0 Å². The van der Waals surface area contributed by atoms with Crippen LogP contribution in [0.5, 0.6) is 0 Å². The largest absolute Gasteiger partial charge is 0.336 e. The van der Waals surface area contributed by atoms with Gasteiger partial charge in [0.2, 0.25) is 10.0 Å². The first-order valence-corrected chi connectivity index (χ1v) is 9.82. The van der Waals surface area contributed by atoms with E-state index in [1.165, 1.54) is 39.5 Å². The van der Waals surface area contributed by atoms with Crippen molar-refractivity contribution in [1.82, 2.24) is 9.21 Å². The monoisotopic (exact) mass is 400 g/mol. The van der Waals surface area contributed by atoms with Crippen molar-refractivity contribution in [2.24, 2.45) is 0 Å². The van der Waals surface area contributed by atoms with E-state index in [9.17, 15) is 23.3 Å². The number of hydrogen-bond donors (Lipinski definition) is 0. The van der Waals surface area contributed by atoms with Crippen LogP contribution in [-0.4, -0.2) is 54.6 Å². The lowest BCUT2D eigenvalue weighted by atomic mass is 10.1. The minimum absolute atomic E-state index is 0.0290. The minimum Gasteiger partial charge on any atom is -0.336 e. The topological polar surface area (TPSA) is 125 Å². The molecular weight excluding hydrogens is 384 g/mol. The van der Waals surface area contributed by atoms with Gasteiger partial charge in [-0.05, 0) is 18.2 Å². The molecule has 1 amide bonds. The van der Waals surface area contributed by atoms with E-state index in [0.29, 0.717) is 0 Å². The van der Waals surface area contributed by atoms with E-state index in [0.717, 1.165) is 0 Å². The Bertz CT molecular complexity index is 1070. The van der Waals surface area contributed by atoms with Crippen molar-refractivity contribution in [3.63, 3.8) is 0 Å². The highest BCUT2D eigenvalue weighted by atomic mass is 32.2. The lowest BCUT2D eigenvalue weighted by Crippen LogP contribution is -2.50. The zero-order chi connectivity index (χ0) is 20.3. The second-order valence-electron chi connectivity index (χ2n) is 6.08. The van der Waals surface area contributed by atoms with Crippen molar-refractivity contribution < 1.29 is 18.1 Å². The molecule has 0 unspecified atom stereocenters. The van der Waals surface area contributed by atoms with E-state index in [1.807, 2.05) is 6.07 Å². The second kappa shape index (κ2) is 7.75. The molecule has 1 aliphatic rings. The maximum atomic E-state index is 12.8. The minimum atomic E-state index is -3.88. The fourth-order valence-corrected chi connectivity index (χ4v) is 4.60. The molecule has 144 valence electrons. The molecule has 0 aliphatic carbocycles. The maximum Gasteiger partial charge on any atom is 0.282 e. The van der Waals surface area contributed by atoms with E-state index < -0.39 is 20.9 Å². The summed E-state index contributed by atoms with van der Waals surface area (Å²) in [5.74, 6) is -0.512. The molecule has 0 radical (unpaired) electrons. The Labute approximate surface area is 161 Å². The van der Waals surface area contributed by atoms with Crippen LogP contribution in [0.4, 0.5) is 5.69 Å². The number of nitro benzene ring substituents is 1. The van der Waals surface area contributed by atoms with Crippen LogP contribution in [0, 0.1) is 21.4 Å². The Morgan fingerprint density at radius 2 is 1.64 bits per heavy atom. The van der Waals surface area contributed by atoms with Crippen molar-refractivity contribution in [3.8, 4) is 6.07 Å². The van der Waals surface area contributed by atoms with Gasteiger partial charge in [0.05, 0.1) is 15.4 Å². The molecule has 0 saturated carbocycles. The molecule has 28 heavy (non-hydrogen) atoms. The Balaban J connectivity index is 1.77. The molecule has 0 bridgehead atoms. The van der Waals surface area contributed by atoms with E-state index >= 15 is 0 Å². The van der Waals surface area contributed by atoms with Gasteiger partial charge in [-0.2, -0.15) is 9.57 Å². The molecule has 2 aromatic rings. The summed E-state index contributed by atoms with van der Waals surface area (Å²) in [6.45, 7) is 0.264. The fourth-order valence-electron chi connectivity index (χ4n) is 3.04. The number of para-hydroxylation sites is 1. The smallest absolute Gasteiger partial charge is 0.282 e. The van der Waals surface area contributed by atoms with E-state index in [2.05, 4.69) is 0 Å². The first kappa shape index (κ1) is 19.5. The Morgan fingerprint density at radius 3 is 2.29 bits per heavy atom. The summed E-state index contributed by atoms with van der Waals surface area (Å²) >= 11 is 0. The summed E-state index contributed by atoms with van der Waals surface area (Å²) in [4.78, 5) is 24.5. The summed E-state index contributed by atoms with van der Waals surface area (Å²) in [6.07, 6.45) is 0. The number of nitriles is 1. The summed E-state index contributed by atoms with van der Waals surface area (Å²) < 4.78 is 26.9. The highest BCUT2D eigenvalue weighted by Crippen LogP contribution is 2.23. The van der Waals surface area contributed by atoms with E-state index in [1.54, 1.807) is 18.2 Å². The number of benzene rings is 2. The zero-order valence-electron chi connectivity index (χ0n) is 14.7. The normalized spacial score (nSPS) is 15.0. The molecule has 1 fully saturated rings. The van der Waals surface area contributed by atoms with Crippen LogP contribution in [0.2, 0.25) is 0 Å². The van der Waals surface area contributed by atoms with Gasteiger partial charge in [-0.3, -0.25) is 14.9 Å². The Hall–Kier alpha value is -3.29. The van der Waals surface area contributed by atoms with Crippen LogP contribution >= 0.6 is 0 Å². The molecule has 3 rings (SSSR count). The molecule has 2 aromatic carbocycles. The van der Waals surface area contributed by atoms with Gasteiger partial charge in [0.25, 0.3) is 11.6 Å². The molecule has 1 heterocycles. The van der Waals surface area contributed by atoms with Crippen LogP contribution in [0.1, 0.15) is 15.9 Å². The second-order valence-corrected chi connectivity index (χ2v) is 7.98. The van der Waals surface area contributed by atoms with Gasteiger partial charge in [0, 0.05) is 32.2 Å². The lowest BCUT2D eigenvalue weighted by Gasteiger charge is -2.34. The van der Waals surface area contributed by atoms with Gasteiger partial charge in [-0.15, -0.1) is 0 Å². The van der Waals surface area contributed by atoms with Gasteiger partial charge in [-0.1, -0.05) is 24.3 Å². The molecule has 0 N–H and O–H groups in total. The third-order valence-electron chi connectivity index (χ3n) is 4.48. The lowest BCUT2D eigenvalue weighted by molar-refractivity contribution is -0.385. The molecule has 1 aliphatic heterocycles. The molecule has 0 atom stereocenters. The quantitative estimate of drug-likeness (QED) is 0.567. The first-order chi connectivity index (χ1) is 13.4. The number of sulfonamides is 1. The highest BCUT2D eigenvalue weighted by Gasteiger charge is 2.33. The molecule has 0 spiro atoms. The van der Waals surface area contributed by atoms with Gasteiger partial charge in [0.15, 0.2) is 0 Å². The van der Waals surface area contributed by atoms with Crippen molar-refractivity contribution in [2.75, 3.05) is 26.2 Å². The summed E-state index contributed by atoms with van der Waals surface area (Å²) in [5.41, 5.74) is -0.259. The van der Waals surface area contributed by atoms with Crippen LogP contribution in [0.25, 0.3) is 0 Å². The SMILES string of the molecule is N#Cc1ccccc1S(=O)(=O)N1CCN(C(=O)c2ccccc2[N+](=O)[O-])CC1. The number of carbonyl (C=O) groups is 1. The maximum absolute atomic E-state index is 12.8. The number of carbonyl (C=O) groups excluding carboxylic acids is 1. The number of rotatable bonds is 4. The predicted octanol–water partition coefficient (Wildman–Crippen LogP) is 1.61.